The summed E-state index contributed by atoms with van der Waals surface area (Å²) in [6, 6.07) is 27.5. The van der Waals surface area contributed by atoms with Gasteiger partial charge in [-0.15, -0.1) is 0 Å². The van der Waals surface area contributed by atoms with E-state index in [0.717, 1.165) is 36.8 Å². The second-order valence-electron chi connectivity index (χ2n) is 12.0. The van der Waals surface area contributed by atoms with Crippen molar-refractivity contribution < 1.29 is 9.53 Å². The molecule has 1 heterocycles. The Morgan fingerprint density at radius 1 is 0.872 bits per heavy atom. The number of ether oxygens (including phenoxy) is 1. The topological polar surface area (TPSA) is 36.0 Å². The van der Waals surface area contributed by atoms with Crippen LogP contribution in [0, 0.1) is 11.8 Å². The Morgan fingerprint density at radius 3 is 2.13 bits per heavy atom. The van der Waals surface area contributed by atoms with Gasteiger partial charge < -0.3 is 19.4 Å². The smallest absolute Gasteiger partial charge is 0.410 e. The van der Waals surface area contributed by atoms with E-state index < -0.39 is 5.60 Å². The minimum absolute atomic E-state index is 0.225. The predicted octanol–water partition coefficient (Wildman–Crippen LogP) is 7.13. The minimum atomic E-state index is -0.517. The molecule has 39 heavy (non-hydrogen) atoms. The first-order chi connectivity index (χ1) is 18.6. The van der Waals surface area contributed by atoms with E-state index in [1.165, 1.54) is 16.7 Å². The monoisotopic (exact) mass is 547 g/mol. The lowest BCUT2D eigenvalue weighted by Gasteiger charge is -2.30. The normalized spacial score (nSPS) is 17.5. The molecule has 208 valence electrons. The molecule has 3 aromatic rings. The fourth-order valence-electron chi connectivity index (χ4n) is 5.38. The van der Waals surface area contributed by atoms with Crippen molar-refractivity contribution in [2.24, 2.45) is 11.8 Å². The van der Waals surface area contributed by atoms with E-state index in [1.54, 1.807) is 0 Å². The van der Waals surface area contributed by atoms with Gasteiger partial charge in [0, 0.05) is 43.4 Å². The number of nitrogens with zero attached hydrogens (tertiary/aromatic N) is 3. The van der Waals surface area contributed by atoms with Gasteiger partial charge in [0.05, 0.1) is 0 Å². The van der Waals surface area contributed by atoms with Crippen LogP contribution in [-0.2, 0) is 24.2 Å². The summed E-state index contributed by atoms with van der Waals surface area (Å²) in [7, 11) is 4.19. The SMILES string of the molecule is CN(C)Cc1cccc(CN(C[C@@H]2CN(C(=O)OC(C)(C)C)C[C@H]2Cc2ccccc2)c2ccc(Cl)cc2)c1. The average molecular weight is 548 g/mol. The molecule has 0 aliphatic carbocycles. The van der Waals surface area contributed by atoms with Gasteiger partial charge in [-0.25, -0.2) is 4.79 Å². The molecule has 1 amide bonds. The molecule has 2 atom stereocenters. The summed E-state index contributed by atoms with van der Waals surface area (Å²) in [5.74, 6) is 0.619. The van der Waals surface area contributed by atoms with Crippen molar-refractivity contribution >= 4 is 23.4 Å². The van der Waals surface area contributed by atoms with Gasteiger partial charge in [-0.05, 0) is 94.1 Å². The molecule has 6 heteroatoms. The highest BCUT2D eigenvalue weighted by molar-refractivity contribution is 6.30. The summed E-state index contributed by atoms with van der Waals surface area (Å²) >= 11 is 6.25. The van der Waals surface area contributed by atoms with Crippen LogP contribution in [0.1, 0.15) is 37.5 Å². The van der Waals surface area contributed by atoms with Crippen LogP contribution in [0.2, 0.25) is 5.02 Å². The van der Waals surface area contributed by atoms with E-state index in [9.17, 15) is 4.79 Å². The van der Waals surface area contributed by atoms with Crippen LogP contribution in [-0.4, -0.2) is 55.2 Å². The molecule has 1 aliphatic heterocycles. The van der Waals surface area contributed by atoms with Crippen LogP contribution in [0.15, 0.2) is 78.9 Å². The number of rotatable bonds is 9. The first kappa shape index (κ1) is 29.0. The zero-order valence-electron chi connectivity index (χ0n) is 23.9. The van der Waals surface area contributed by atoms with Crippen molar-refractivity contribution in [1.82, 2.24) is 9.80 Å². The largest absolute Gasteiger partial charge is 0.444 e. The van der Waals surface area contributed by atoms with Crippen molar-refractivity contribution in [1.29, 1.82) is 0 Å². The van der Waals surface area contributed by atoms with Crippen molar-refractivity contribution in [3.8, 4) is 0 Å². The summed E-state index contributed by atoms with van der Waals surface area (Å²) in [4.78, 5) is 19.6. The first-order valence-electron chi connectivity index (χ1n) is 13.8. The van der Waals surface area contributed by atoms with Gasteiger partial charge in [-0.1, -0.05) is 66.2 Å². The summed E-state index contributed by atoms with van der Waals surface area (Å²) in [6.45, 7) is 9.66. The van der Waals surface area contributed by atoms with Crippen molar-refractivity contribution in [2.75, 3.05) is 38.6 Å². The fraction of sp³-hybridized carbons (Fsp3) is 0.424. The third kappa shape index (κ3) is 8.74. The Balaban J connectivity index is 1.59. The van der Waals surface area contributed by atoms with Gasteiger partial charge in [0.2, 0.25) is 0 Å². The Hall–Kier alpha value is -3.02. The van der Waals surface area contributed by atoms with Crippen LogP contribution < -0.4 is 4.90 Å². The zero-order chi connectivity index (χ0) is 28.0. The minimum Gasteiger partial charge on any atom is -0.444 e. The lowest BCUT2D eigenvalue weighted by Crippen LogP contribution is -2.36. The maximum Gasteiger partial charge on any atom is 0.410 e. The zero-order valence-corrected chi connectivity index (χ0v) is 24.7. The molecular weight excluding hydrogens is 506 g/mol. The molecule has 0 radical (unpaired) electrons. The summed E-state index contributed by atoms with van der Waals surface area (Å²) in [6.07, 6.45) is 0.704. The van der Waals surface area contributed by atoms with Gasteiger partial charge in [-0.3, -0.25) is 0 Å². The van der Waals surface area contributed by atoms with Crippen LogP contribution in [0.5, 0.6) is 0 Å². The lowest BCUT2D eigenvalue weighted by molar-refractivity contribution is 0.0284. The van der Waals surface area contributed by atoms with Gasteiger partial charge in [0.1, 0.15) is 5.60 Å². The third-order valence-corrected chi connectivity index (χ3v) is 7.33. The van der Waals surface area contributed by atoms with Crippen molar-refractivity contribution in [2.45, 2.75) is 45.9 Å². The molecule has 4 rings (SSSR count). The van der Waals surface area contributed by atoms with Gasteiger partial charge in [0.25, 0.3) is 0 Å². The molecule has 1 aliphatic rings. The van der Waals surface area contributed by atoms with Crippen LogP contribution in [0.3, 0.4) is 0 Å². The second-order valence-corrected chi connectivity index (χ2v) is 12.4. The Kier molecular flexibility index (Phi) is 9.58. The highest BCUT2D eigenvalue weighted by atomic mass is 35.5. The molecule has 0 N–H and O–H groups in total. The number of benzene rings is 3. The molecule has 3 aromatic carbocycles. The number of hydrogen-bond acceptors (Lipinski definition) is 4. The summed E-state index contributed by atoms with van der Waals surface area (Å²) < 4.78 is 5.77. The molecule has 0 aromatic heterocycles. The number of hydrogen-bond donors (Lipinski definition) is 0. The molecule has 0 bridgehead atoms. The molecule has 1 saturated heterocycles. The number of likely N-dealkylation sites (tertiary alicyclic amines) is 1. The fourth-order valence-corrected chi connectivity index (χ4v) is 5.50. The standard InChI is InChI=1S/C33H42ClN3O2/c1-33(2,3)39-32(38)37-22-28(19-25-10-7-6-8-11-25)29(24-37)23-36(31-16-14-30(34)15-17-31)21-27-13-9-12-26(18-27)20-35(4)5/h6-18,28-29H,19-24H2,1-5H3/t28-,29-/m1/s1. The van der Waals surface area contributed by atoms with Crippen molar-refractivity contribution in [3.05, 3.63) is 101 Å². The molecule has 0 saturated carbocycles. The molecule has 1 fully saturated rings. The van der Waals surface area contributed by atoms with E-state index in [0.29, 0.717) is 24.9 Å². The van der Waals surface area contributed by atoms with Crippen LogP contribution in [0.25, 0.3) is 0 Å². The van der Waals surface area contributed by atoms with Gasteiger partial charge >= 0.3 is 6.09 Å². The highest BCUT2D eigenvalue weighted by Crippen LogP contribution is 2.31. The second kappa shape index (κ2) is 12.9. The highest BCUT2D eigenvalue weighted by Gasteiger charge is 2.38. The predicted molar refractivity (Wildman–Crippen MR) is 161 cm³/mol. The summed E-state index contributed by atoms with van der Waals surface area (Å²) in [5.41, 5.74) is 4.48. The lowest BCUT2D eigenvalue weighted by atomic mass is 9.89. The van der Waals surface area contributed by atoms with Gasteiger partial charge in [-0.2, -0.15) is 0 Å². The average Bonchev–Trinajstić information content (AvgIpc) is 3.26. The number of carbonyl (C=O) groups is 1. The Morgan fingerprint density at radius 2 is 1.49 bits per heavy atom. The van der Waals surface area contributed by atoms with E-state index >= 15 is 0 Å². The molecule has 0 spiro atoms. The Labute approximate surface area is 239 Å². The van der Waals surface area contributed by atoms with E-state index in [1.807, 2.05) is 37.8 Å². The molecular formula is C33H42ClN3O2. The van der Waals surface area contributed by atoms with E-state index in [-0.39, 0.29) is 6.09 Å². The van der Waals surface area contributed by atoms with Crippen molar-refractivity contribution in [3.63, 3.8) is 0 Å². The summed E-state index contributed by atoms with van der Waals surface area (Å²) in [5, 5.41) is 0.727. The van der Waals surface area contributed by atoms with Crippen LogP contribution >= 0.6 is 11.6 Å². The molecule has 0 unspecified atom stereocenters. The van der Waals surface area contributed by atoms with E-state index in [4.69, 9.17) is 16.3 Å². The third-order valence-electron chi connectivity index (χ3n) is 7.08. The van der Waals surface area contributed by atoms with Crippen LogP contribution in [0.4, 0.5) is 10.5 Å². The first-order valence-corrected chi connectivity index (χ1v) is 14.2. The van der Waals surface area contributed by atoms with E-state index in [2.05, 4.69) is 90.6 Å². The number of halogens is 1. The number of carbonyl (C=O) groups excluding carboxylic acids is 1. The number of anilines is 1. The maximum absolute atomic E-state index is 13.1. The number of amides is 1. The Bertz CT molecular complexity index is 1210. The quantitative estimate of drug-likeness (QED) is 0.285. The molecule has 5 nitrogen and oxygen atoms in total. The van der Waals surface area contributed by atoms with Gasteiger partial charge in [0.15, 0.2) is 0 Å². The maximum atomic E-state index is 13.1.